The average molecular weight is 302 g/mol. The van der Waals surface area contributed by atoms with Crippen LogP contribution in [0.3, 0.4) is 0 Å². The summed E-state index contributed by atoms with van der Waals surface area (Å²) in [5.41, 5.74) is 1.15. The van der Waals surface area contributed by atoms with Crippen LogP contribution in [0.5, 0.6) is 0 Å². The van der Waals surface area contributed by atoms with Gasteiger partial charge in [-0.1, -0.05) is 30.3 Å². The van der Waals surface area contributed by atoms with Crippen LogP contribution in [0.25, 0.3) is 0 Å². The van der Waals surface area contributed by atoms with Crippen molar-refractivity contribution in [3.63, 3.8) is 0 Å². The highest BCUT2D eigenvalue weighted by Crippen LogP contribution is 2.23. The summed E-state index contributed by atoms with van der Waals surface area (Å²) in [5, 5.41) is 0. The first-order chi connectivity index (χ1) is 10.7. The minimum Gasteiger partial charge on any atom is -0.370 e. The van der Waals surface area contributed by atoms with Crippen molar-refractivity contribution in [2.24, 2.45) is 5.92 Å². The van der Waals surface area contributed by atoms with Crippen molar-refractivity contribution >= 4 is 11.8 Å². The molecular formula is C17H22N2O3. The molecule has 2 saturated heterocycles. The van der Waals surface area contributed by atoms with Crippen molar-refractivity contribution in [2.45, 2.75) is 26.1 Å². The van der Waals surface area contributed by atoms with Gasteiger partial charge in [0.15, 0.2) is 0 Å². The lowest BCUT2D eigenvalue weighted by atomic mass is 10.0. The molecule has 0 aromatic heterocycles. The molecule has 118 valence electrons. The lowest BCUT2D eigenvalue weighted by Crippen LogP contribution is -2.56. The van der Waals surface area contributed by atoms with Crippen LogP contribution in [0, 0.1) is 5.92 Å². The zero-order valence-corrected chi connectivity index (χ0v) is 12.9. The van der Waals surface area contributed by atoms with Gasteiger partial charge in [-0.3, -0.25) is 9.59 Å². The van der Waals surface area contributed by atoms with Gasteiger partial charge >= 0.3 is 0 Å². The number of hydrogen-bond acceptors (Lipinski definition) is 3. The van der Waals surface area contributed by atoms with Gasteiger partial charge in [0.2, 0.25) is 11.8 Å². The molecular weight excluding hydrogens is 280 g/mol. The van der Waals surface area contributed by atoms with Crippen molar-refractivity contribution in [1.29, 1.82) is 0 Å². The van der Waals surface area contributed by atoms with E-state index in [0.717, 1.165) is 5.56 Å². The third kappa shape index (κ3) is 3.14. The van der Waals surface area contributed by atoms with E-state index < -0.39 is 0 Å². The summed E-state index contributed by atoms with van der Waals surface area (Å²) in [5.74, 6) is 0.0321. The minimum absolute atomic E-state index is 0.0956. The monoisotopic (exact) mass is 302 g/mol. The van der Waals surface area contributed by atoms with Crippen molar-refractivity contribution < 1.29 is 14.3 Å². The Morgan fingerprint density at radius 2 is 1.95 bits per heavy atom. The molecule has 3 rings (SSSR count). The average Bonchev–Trinajstić information content (AvgIpc) is 2.87. The van der Waals surface area contributed by atoms with Crippen LogP contribution in [-0.2, 0) is 20.9 Å². The van der Waals surface area contributed by atoms with Gasteiger partial charge in [-0.15, -0.1) is 0 Å². The molecule has 5 nitrogen and oxygen atoms in total. The number of nitrogens with zero attached hydrogens (tertiary/aromatic N) is 2. The zero-order chi connectivity index (χ0) is 15.5. The smallest absolute Gasteiger partial charge is 0.228 e. The van der Waals surface area contributed by atoms with Gasteiger partial charge in [0.05, 0.1) is 18.6 Å². The molecule has 0 N–H and O–H groups in total. The van der Waals surface area contributed by atoms with Crippen molar-refractivity contribution in [2.75, 3.05) is 26.2 Å². The van der Waals surface area contributed by atoms with Crippen LogP contribution in [0.2, 0.25) is 0 Å². The van der Waals surface area contributed by atoms with E-state index in [1.165, 1.54) is 0 Å². The maximum atomic E-state index is 12.3. The molecule has 5 heteroatoms. The SMILES string of the molecule is CCN1CC(C(=O)N2CC(OCc3ccccc3)C2)CC1=O. The second-order valence-corrected chi connectivity index (χ2v) is 6.00. The van der Waals surface area contributed by atoms with Crippen molar-refractivity contribution in [3.8, 4) is 0 Å². The molecule has 2 fully saturated rings. The number of likely N-dealkylation sites (tertiary alicyclic amines) is 2. The van der Waals surface area contributed by atoms with E-state index in [1.807, 2.05) is 42.2 Å². The molecule has 0 saturated carbocycles. The van der Waals surface area contributed by atoms with Gasteiger partial charge in [-0.25, -0.2) is 0 Å². The molecule has 0 aliphatic carbocycles. The minimum atomic E-state index is -0.164. The summed E-state index contributed by atoms with van der Waals surface area (Å²) in [6, 6.07) is 10.0. The van der Waals surface area contributed by atoms with E-state index in [9.17, 15) is 9.59 Å². The van der Waals surface area contributed by atoms with Crippen LogP contribution in [0.15, 0.2) is 30.3 Å². The number of hydrogen-bond donors (Lipinski definition) is 0. The quantitative estimate of drug-likeness (QED) is 0.823. The second kappa shape index (κ2) is 6.48. The summed E-state index contributed by atoms with van der Waals surface area (Å²) in [6.45, 7) is 5.07. The molecule has 0 bridgehead atoms. The fourth-order valence-electron chi connectivity index (χ4n) is 3.01. The normalized spacial score (nSPS) is 22.0. The fraction of sp³-hybridized carbons (Fsp3) is 0.529. The molecule has 22 heavy (non-hydrogen) atoms. The second-order valence-electron chi connectivity index (χ2n) is 6.00. The van der Waals surface area contributed by atoms with Crippen LogP contribution in [0.1, 0.15) is 18.9 Å². The standard InChI is InChI=1S/C17H22N2O3/c1-2-18-9-14(8-16(18)20)17(21)19-10-15(11-19)22-12-13-6-4-3-5-7-13/h3-7,14-15H,2,8-12H2,1H3. The van der Waals surface area contributed by atoms with Crippen LogP contribution in [0.4, 0.5) is 0 Å². The molecule has 2 aliphatic rings. The Hall–Kier alpha value is -1.88. The van der Waals surface area contributed by atoms with Crippen LogP contribution >= 0.6 is 0 Å². The Morgan fingerprint density at radius 3 is 2.59 bits per heavy atom. The summed E-state index contributed by atoms with van der Waals surface area (Å²) < 4.78 is 5.80. The van der Waals surface area contributed by atoms with Gasteiger partial charge in [0.25, 0.3) is 0 Å². The first-order valence-corrected chi connectivity index (χ1v) is 7.89. The topological polar surface area (TPSA) is 49.9 Å². The zero-order valence-electron chi connectivity index (χ0n) is 12.9. The summed E-state index contributed by atoms with van der Waals surface area (Å²) in [6.07, 6.45) is 0.474. The number of amides is 2. The molecule has 1 aromatic rings. The molecule has 2 amide bonds. The maximum Gasteiger partial charge on any atom is 0.228 e. The lowest BCUT2D eigenvalue weighted by molar-refractivity contribution is -0.150. The predicted molar refractivity (Wildman–Crippen MR) is 82.0 cm³/mol. The third-order valence-electron chi connectivity index (χ3n) is 4.43. The van der Waals surface area contributed by atoms with E-state index in [-0.39, 0.29) is 23.8 Å². The Bertz CT molecular complexity index is 540. The molecule has 2 aliphatic heterocycles. The summed E-state index contributed by atoms with van der Waals surface area (Å²) in [7, 11) is 0. The highest BCUT2D eigenvalue weighted by atomic mass is 16.5. The highest BCUT2D eigenvalue weighted by Gasteiger charge is 2.40. The Kier molecular flexibility index (Phi) is 4.43. The first kappa shape index (κ1) is 15.0. The fourth-order valence-corrected chi connectivity index (χ4v) is 3.01. The van der Waals surface area contributed by atoms with Gasteiger partial charge < -0.3 is 14.5 Å². The molecule has 1 aromatic carbocycles. The summed E-state index contributed by atoms with van der Waals surface area (Å²) >= 11 is 0. The van der Waals surface area contributed by atoms with Gasteiger partial charge in [0.1, 0.15) is 0 Å². The lowest BCUT2D eigenvalue weighted by Gasteiger charge is -2.40. The van der Waals surface area contributed by atoms with E-state index in [1.54, 1.807) is 4.90 Å². The Morgan fingerprint density at radius 1 is 1.23 bits per heavy atom. The maximum absolute atomic E-state index is 12.3. The van der Waals surface area contributed by atoms with Crippen LogP contribution < -0.4 is 0 Å². The third-order valence-corrected chi connectivity index (χ3v) is 4.43. The molecule has 0 radical (unpaired) electrons. The predicted octanol–water partition coefficient (Wildman–Crippen LogP) is 1.28. The van der Waals surface area contributed by atoms with E-state index >= 15 is 0 Å². The van der Waals surface area contributed by atoms with Gasteiger partial charge in [-0.05, 0) is 12.5 Å². The van der Waals surface area contributed by atoms with E-state index in [4.69, 9.17) is 4.74 Å². The molecule has 0 spiro atoms. The van der Waals surface area contributed by atoms with Crippen LogP contribution in [-0.4, -0.2) is 53.9 Å². The van der Waals surface area contributed by atoms with Crippen molar-refractivity contribution in [1.82, 2.24) is 9.80 Å². The largest absolute Gasteiger partial charge is 0.370 e. The molecule has 2 heterocycles. The Balaban J connectivity index is 1.41. The first-order valence-electron chi connectivity index (χ1n) is 7.89. The van der Waals surface area contributed by atoms with Gasteiger partial charge in [-0.2, -0.15) is 0 Å². The molecule has 1 unspecified atom stereocenters. The number of carbonyl (C=O) groups is 2. The number of ether oxygens (including phenoxy) is 1. The highest BCUT2D eigenvalue weighted by molar-refractivity contribution is 5.89. The number of benzene rings is 1. The van der Waals surface area contributed by atoms with E-state index in [0.29, 0.717) is 39.2 Å². The van der Waals surface area contributed by atoms with Crippen molar-refractivity contribution in [3.05, 3.63) is 35.9 Å². The number of carbonyl (C=O) groups excluding carboxylic acids is 2. The Labute approximate surface area is 130 Å². The summed E-state index contributed by atoms with van der Waals surface area (Å²) in [4.78, 5) is 27.6. The number of rotatable bonds is 5. The molecule has 1 atom stereocenters. The van der Waals surface area contributed by atoms with E-state index in [2.05, 4.69) is 0 Å². The van der Waals surface area contributed by atoms with Gasteiger partial charge in [0, 0.05) is 32.6 Å².